The Morgan fingerprint density at radius 2 is 2.38 bits per heavy atom. The zero-order valence-electron chi connectivity index (χ0n) is 4.54. The van der Waals surface area contributed by atoms with Gasteiger partial charge in [-0.25, -0.2) is 0 Å². The summed E-state index contributed by atoms with van der Waals surface area (Å²) in [4.78, 5) is 0. The molecule has 0 aromatic rings. The molecule has 8 heavy (non-hydrogen) atoms. The SMILES string of the molecule is O/C=C1\C=CC=CC1. The highest BCUT2D eigenvalue weighted by atomic mass is 16.2. The number of rotatable bonds is 0. The highest BCUT2D eigenvalue weighted by Crippen LogP contribution is 2.07. The second-order valence-electron chi connectivity index (χ2n) is 1.70. The second-order valence-corrected chi connectivity index (χ2v) is 1.70. The van der Waals surface area contributed by atoms with E-state index in [0.29, 0.717) is 0 Å². The van der Waals surface area contributed by atoms with E-state index in [1.807, 2.05) is 24.3 Å². The molecule has 1 aliphatic carbocycles. The minimum absolute atomic E-state index is 0.854. The van der Waals surface area contributed by atoms with Crippen LogP contribution in [0, 0.1) is 0 Å². The highest BCUT2D eigenvalue weighted by Gasteiger charge is 1.89. The molecular formula is C7H8O. The van der Waals surface area contributed by atoms with Crippen molar-refractivity contribution in [1.82, 2.24) is 0 Å². The summed E-state index contributed by atoms with van der Waals surface area (Å²) in [6.07, 6.45) is 9.76. The summed E-state index contributed by atoms with van der Waals surface area (Å²) in [7, 11) is 0. The number of hydrogen-bond acceptors (Lipinski definition) is 1. The van der Waals surface area contributed by atoms with Gasteiger partial charge in [0.15, 0.2) is 0 Å². The van der Waals surface area contributed by atoms with Gasteiger partial charge >= 0.3 is 0 Å². The standard InChI is InChI=1S/C7H8O/c8-6-7-4-2-1-3-5-7/h1-4,6,8H,5H2/b7-6+. The van der Waals surface area contributed by atoms with Crippen LogP contribution < -0.4 is 0 Å². The van der Waals surface area contributed by atoms with Crippen molar-refractivity contribution in [1.29, 1.82) is 0 Å². The average molecular weight is 108 g/mol. The van der Waals surface area contributed by atoms with Gasteiger partial charge in [0.25, 0.3) is 0 Å². The molecule has 0 fully saturated rings. The van der Waals surface area contributed by atoms with Gasteiger partial charge in [0, 0.05) is 0 Å². The summed E-state index contributed by atoms with van der Waals surface area (Å²) in [6, 6.07) is 0. The van der Waals surface area contributed by atoms with Crippen LogP contribution in [0.4, 0.5) is 0 Å². The van der Waals surface area contributed by atoms with Gasteiger partial charge in [-0.3, -0.25) is 0 Å². The number of aliphatic hydroxyl groups excluding tert-OH is 1. The monoisotopic (exact) mass is 108 g/mol. The average Bonchev–Trinajstić information content (AvgIpc) is 1.90. The van der Waals surface area contributed by atoms with E-state index in [2.05, 4.69) is 0 Å². The van der Waals surface area contributed by atoms with Gasteiger partial charge in [0.2, 0.25) is 0 Å². The minimum atomic E-state index is 0.854. The van der Waals surface area contributed by atoms with E-state index >= 15 is 0 Å². The predicted molar refractivity (Wildman–Crippen MR) is 33.6 cm³/mol. The summed E-state index contributed by atoms with van der Waals surface area (Å²) in [6.45, 7) is 0. The van der Waals surface area contributed by atoms with Crippen molar-refractivity contribution in [3.63, 3.8) is 0 Å². The van der Waals surface area contributed by atoms with E-state index in [9.17, 15) is 0 Å². The summed E-state index contributed by atoms with van der Waals surface area (Å²) >= 11 is 0. The lowest BCUT2D eigenvalue weighted by molar-refractivity contribution is 0.468. The number of allylic oxidation sites excluding steroid dienone is 5. The summed E-state index contributed by atoms with van der Waals surface area (Å²) in [5.74, 6) is 0. The van der Waals surface area contributed by atoms with Crippen LogP contribution in [-0.4, -0.2) is 5.11 Å². The lowest BCUT2D eigenvalue weighted by Gasteiger charge is -1.96. The maximum atomic E-state index is 8.44. The smallest absolute Gasteiger partial charge is 0.0826 e. The number of hydrogen-bond donors (Lipinski definition) is 1. The molecule has 0 aliphatic heterocycles. The van der Waals surface area contributed by atoms with Crippen LogP contribution in [0.25, 0.3) is 0 Å². The van der Waals surface area contributed by atoms with Gasteiger partial charge in [-0.1, -0.05) is 24.3 Å². The fraction of sp³-hybridized carbons (Fsp3) is 0.143. The second kappa shape index (κ2) is 2.36. The van der Waals surface area contributed by atoms with Crippen molar-refractivity contribution >= 4 is 0 Å². The van der Waals surface area contributed by atoms with Gasteiger partial charge < -0.3 is 5.11 Å². The lowest BCUT2D eigenvalue weighted by Crippen LogP contribution is -1.78. The minimum Gasteiger partial charge on any atom is -0.515 e. The maximum Gasteiger partial charge on any atom is 0.0826 e. The van der Waals surface area contributed by atoms with Crippen LogP contribution in [0.2, 0.25) is 0 Å². The zero-order valence-corrected chi connectivity index (χ0v) is 4.54. The molecule has 0 bridgehead atoms. The van der Waals surface area contributed by atoms with Crippen LogP contribution in [-0.2, 0) is 0 Å². The van der Waals surface area contributed by atoms with Crippen molar-refractivity contribution < 1.29 is 5.11 Å². The number of aliphatic hydroxyl groups is 1. The van der Waals surface area contributed by atoms with Gasteiger partial charge in [0.1, 0.15) is 0 Å². The Morgan fingerprint density at radius 1 is 1.50 bits per heavy atom. The fourth-order valence-electron chi connectivity index (χ4n) is 0.626. The van der Waals surface area contributed by atoms with Gasteiger partial charge in [-0.05, 0) is 12.0 Å². The highest BCUT2D eigenvalue weighted by molar-refractivity contribution is 5.27. The van der Waals surface area contributed by atoms with E-state index in [-0.39, 0.29) is 0 Å². The molecule has 1 aliphatic rings. The predicted octanol–water partition coefficient (Wildman–Crippen LogP) is 1.94. The summed E-state index contributed by atoms with van der Waals surface area (Å²) in [5.41, 5.74) is 0.965. The Labute approximate surface area is 48.6 Å². The normalized spacial score (nSPS) is 22.2. The Morgan fingerprint density at radius 3 is 2.75 bits per heavy atom. The Bertz CT molecular complexity index is 152. The molecule has 42 valence electrons. The molecule has 0 unspecified atom stereocenters. The van der Waals surface area contributed by atoms with E-state index < -0.39 is 0 Å². The van der Waals surface area contributed by atoms with Gasteiger partial charge in [-0.2, -0.15) is 0 Å². The van der Waals surface area contributed by atoms with Crippen LogP contribution in [0.1, 0.15) is 6.42 Å². The maximum absolute atomic E-state index is 8.44. The molecule has 1 rings (SSSR count). The summed E-state index contributed by atoms with van der Waals surface area (Å²) < 4.78 is 0. The van der Waals surface area contributed by atoms with Crippen LogP contribution in [0.5, 0.6) is 0 Å². The molecule has 0 saturated heterocycles. The van der Waals surface area contributed by atoms with E-state index in [1.165, 1.54) is 0 Å². The van der Waals surface area contributed by atoms with Gasteiger partial charge in [-0.15, -0.1) is 0 Å². The zero-order chi connectivity index (χ0) is 5.82. The quantitative estimate of drug-likeness (QED) is 0.470. The Hall–Kier alpha value is -0.980. The molecule has 0 atom stereocenters. The lowest BCUT2D eigenvalue weighted by atomic mass is 10.1. The third-order valence-electron chi connectivity index (χ3n) is 1.08. The summed E-state index contributed by atoms with van der Waals surface area (Å²) in [5, 5.41) is 8.44. The molecule has 1 nitrogen and oxygen atoms in total. The molecule has 0 aromatic heterocycles. The van der Waals surface area contributed by atoms with Crippen molar-refractivity contribution in [2.75, 3.05) is 0 Å². The molecule has 0 radical (unpaired) electrons. The third-order valence-corrected chi connectivity index (χ3v) is 1.08. The third kappa shape index (κ3) is 0.997. The van der Waals surface area contributed by atoms with Crippen LogP contribution in [0.15, 0.2) is 36.1 Å². The topological polar surface area (TPSA) is 20.2 Å². The molecule has 0 heterocycles. The van der Waals surface area contributed by atoms with E-state index in [4.69, 9.17) is 5.11 Å². The molecule has 0 saturated carbocycles. The molecule has 1 N–H and O–H groups in total. The molecule has 0 aromatic carbocycles. The van der Waals surface area contributed by atoms with E-state index in [1.54, 1.807) is 0 Å². The Kier molecular flexibility index (Phi) is 1.52. The largest absolute Gasteiger partial charge is 0.515 e. The Balaban J connectivity index is 2.66. The van der Waals surface area contributed by atoms with Crippen molar-refractivity contribution in [2.45, 2.75) is 6.42 Å². The molecule has 0 amide bonds. The van der Waals surface area contributed by atoms with Crippen molar-refractivity contribution in [2.24, 2.45) is 0 Å². The van der Waals surface area contributed by atoms with Crippen molar-refractivity contribution in [3.8, 4) is 0 Å². The van der Waals surface area contributed by atoms with Crippen molar-refractivity contribution in [3.05, 3.63) is 36.1 Å². The first-order valence-corrected chi connectivity index (χ1v) is 2.60. The van der Waals surface area contributed by atoms with Gasteiger partial charge in [0.05, 0.1) is 6.26 Å². The first-order chi connectivity index (χ1) is 3.93. The first-order valence-electron chi connectivity index (χ1n) is 2.60. The molecular weight excluding hydrogens is 100 g/mol. The van der Waals surface area contributed by atoms with Crippen LogP contribution in [0.3, 0.4) is 0 Å². The van der Waals surface area contributed by atoms with Crippen LogP contribution >= 0.6 is 0 Å². The van der Waals surface area contributed by atoms with E-state index in [0.717, 1.165) is 18.3 Å². The first kappa shape index (κ1) is 5.16. The fourth-order valence-corrected chi connectivity index (χ4v) is 0.626. The molecule has 1 heteroatoms. The molecule has 0 spiro atoms.